The maximum Gasteiger partial charge on any atom is 0.284 e. The Labute approximate surface area is 156 Å². The largest absolute Gasteiger partial charge is 0.284 e. The van der Waals surface area contributed by atoms with Crippen LogP contribution in [0.15, 0.2) is 63.1 Å². The van der Waals surface area contributed by atoms with Crippen molar-refractivity contribution in [2.24, 2.45) is 0 Å². The van der Waals surface area contributed by atoms with Crippen LogP contribution in [0.2, 0.25) is 0 Å². The van der Waals surface area contributed by atoms with Crippen molar-refractivity contribution in [3.63, 3.8) is 0 Å². The second-order valence-corrected chi connectivity index (χ2v) is 7.68. The van der Waals surface area contributed by atoms with E-state index in [1.54, 1.807) is 12.1 Å². The molecule has 126 valence electrons. The van der Waals surface area contributed by atoms with Crippen molar-refractivity contribution in [3.05, 3.63) is 68.9 Å². The summed E-state index contributed by atoms with van der Waals surface area (Å²) >= 11 is 4.55. The van der Waals surface area contributed by atoms with Crippen LogP contribution in [0.4, 0.5) is 5.69 Å². The fourth-order valence-electron chi connectivity index (χ4n) is 2.59. The lowest BCUT2D eigenvalue weighted by Gasteiger charge is -2.10. The average molecular weight is 417 g/mol. The van der Waals surface area contributed by atoms with Crippen molar-refractivity contribution >= 4 is 33.4 Å². The maximum atomic E-state index is 11.4. The number of para-hydroxylation sites is 1. The van der Waals surface area contributed by atoms with Gasteiger partial charge in [0.15, 0.2) is 0 Å². The number of nitro groups is 1. The zero-order chi connectivity index (χ0) is 17.4. The standard InChI is InChI=1S/C17H13BrN4O2S/c18-12-8-9-15(14(10-12)22(23)24)25-17-20-19-16(11-6-7-11)21(17)13-4-2-1-3-5-13/h1-5,8-11H,6-7H2. The summed E-state index contributed by atoms with van der Waals surface area (Å²) in [6.07, 6.45) is 2.21. The molecule has 3 aromatic rings. The molecule has 1 aromatic heterocycles. The van der Waals surface area contributed by atoms with Crippen molar-refractivity contribution in [3.8, 4) is 5.69 Å². The molecule has 1 saturated carbocycles. The predicted molar refractivity (Wildman–Crippen MR) is 98.3 cm³/mol. The van der Waals surface area contributed by atoms with E-state index >= 15 is 0 Å². The Balaban J connectivity index is 1.79. The van der Waals surface area contributed by atoms with Gasteiger partial charge in [0, 0.05) is 22.1 Å². The molecule has 6 nitrogen and oxygen atoms in total. The van der Waals surface area contributed by atoms with Crippen molar-refractivity contribution in [1.29, 1.82) is 0 Å². The van der Waals surface area contributed by atoms with Crippen LogP contribution >= 0.6 is 27.7 Å². The highest BCUT2D eigenvalue weighted by Crippen LogP contribution is 2.43. The maximum absolute atomic E-state index is 11.4. The molecule has 8 heteroatoms. The lowest BCUT2D eigenvalue weighted by molar-refractivity contribution is -0.387. The van der Waals surface area contributed by atoms with Gasteiger partial charge >= 0.3 is 0 Å². The Bertz CT molecular complexity index is 941. The van der Waals surface area contributed by atoms with Gasteiger partial charge in [-0.05, 0) is 48.9 Å². The third-order valence-corrected chi connectivity index (χ3v) is 5.44. The van der Waals surface area contributed by atoms with Crippen molar-refractivity contribution in [2.75, 3.05) is 0 Å². The van der Waals surface area contributed by atoms with E-state index in [9.17, 15) is 10.1 Å². The number of benzene rings is 2. The number of hydrogen-bond acceptors (Lipinski definition) is 5. The summed E-state index contributed by atoms with van der Waals surface area (Å²) in [4.78, 5) is 11.5. The molecule has 1 fully saturated rings. The molecule has 2 aromatic carbocycles. The van der Waals surface area contributed by atoms with Crippen LogP contribution in [0.1, 0.15) is 24.6 Å². The lowest BCUT2D eigenvalue weighted by atomic mass is 10.3. The molecule has 0 bridgehead atoms. The van der Waals surface area contributed by atoms with Crippen molar-refractivity contribution < 1.29 is 4.92 Å². The van der Waals surface area contributed by atoms with Crippen LogP contribution in [0, 0.1) is 10.1 Å². The van der Waals surface area contributed by atoms with Gasteiger partial charge in [-0.25, -0.2) is 0 Å². The molecule has 0 spiro atoms. The van der Waals surface area contributed by atoms with Crippen LogP contribution in [-0.2, 0) is 0 Å². The first-order valence-corrected chi connectivity index (χ1v) is 9.37. The van der Waals surface area contributed by atoms with E-state index < -0.39 is 0 Å². The zero-order valence-electron chi connectivity index (χ0n) is 13.0. The summed E-state index contributed by atoms with van der Waals surface area (Å²) in [5.41, 5.74) is 1.02. The van der Waals surface area contributed by atoms with Gasteiger partial charge in [-0.3, -0.25) is 14.7 Å². The number of nitro benzene ring substituents is 1. The Morgan fingerprint density at radius 2 is 1.92 bits per heavy atom. The molecule has 0 saturated heterocycles. The number of rotatable bonds is 5. The summed E-state index contributed by atoms with van der Waals surface area (Å²) in [6, 6.07) is 14.9. The Morgan fingerprint density at radius 3 is 2.60 bits per heavy atom. The smallest absolute Gasteiger partial charge is 0.274 e. The zero-order valence-corrected chi connectivity index (χ0v) is 15.4. The van der Waals surface area contributed by atoms with Gasteiger partial charge in [-0.15, -0.1) is 10.2 Å². The topological polar surface area (TPSA) is 73.8 Å². The molecular formula is C17H13BrN4O2S. The quantitative estimate of drug-likeness (QED) is 0.433. The van der Waals surface area contributed by atoms with Crippen LogP contribution in [0.25, 0.3) is 5.69 Å². The second-order valence-electron chi connectivity index (χ2n) is 5.76. The van der Waals surface area contributed by atoms with E-state index in [2.05, 4.69) is 26.1 Å². The summed E-state index contributed by atoms with van der Waals surface area (Å²) in [5.74, 6) is 1.34. The van der Waals surface area contributed by atoms with Gasteiger partial charge in [0.1, 0.15) is 5.82 Å². The number of halogens is 1. The monoisotopic (exact) mass is 416 g/mol. The SMILES string of the molecule is O=[N+]([O-])c1cc(Br)ccc1Sc1nnc(C2CC2)n1-c1ccccc1. The Morgan fingerprint density at radius 1 is 1.16 bits per heavy atom. The highest BCUT2D eigenvalue weighted by Gasteiger charge is 2.31. The minimum absolute atomic E-state index is 0.0509. The highest BCUT2D eigenvalue weighted by atomic mass is 79.9. The fraction of sp³-hybridized carbons (Fsp3) is 0.176. The van der Waals surface area contributed by atoms with Gasteiger partial charge in [0.2, 0.25) is 5.16 Å². The first kappa shape index (κ1) is 16.3. The molecule has 0 atom stereocenters. The van der Waals surface area contributed by atoms with Crippen molar-refractivity contribution in [2.45, 2.75) is 28.8 Å². The third-order valence-electron chi connectivity index (χ3n) is 3.93. The van der Waals surface area contributed by atoms with Gasteiger partial charge in [0.25, 0.3) is 5.69 Å². The minimum Gasteiger partial charge on any atom is -0.274 e. The first-order chi connectivity index (χ1) is 12.1. The number of aromatic nitrogens is 3. The van der Waals surface area contributed by atoms with E-state index in [1.165, 1.54) is 17.8 Å². The molecule has 1 heterocycles. The van der Waals surface area contributed by atoms with Crippen molar-refractivity contribution in [1.82, 2.24) is 14.8 Å². The molecule has 4 rings (SSSR count). The molecule has 0 aliphatic heterocycles. The van der Waals surface area contributed by atoms with Crippen LogP contribution < -0.4 is 0 Å². The normalized spacial score (nSPS) is 13.8. The van der Waals surface area contributed by atoms with Crippen LogP contribution in [0.3, 0.4) is 0 Å². The molecule has 25 heavy (non-hydrogen) atoms. The minimum atomic E-state index is -0.377. The van der Waals surface area contributed by atoms with E-state index in [0.717, 1.165) is 24.4 Å². The molecule has 1 aliphatic rings. The van der Waals surface area contributed by atoms with E-state index in [4.69, 9.17) is 0 Å². The Kier molecular flexibility index (Phi) is 4.30. The predicted octanol–water partition coefficient (Wildman–Crippen LogP) is 4.97. The summed E-state index contributed by atoms with van der Waals surface area (Å²) in [5, 5.41) is 20.7. The van der Waals surface area contributed by atoms with Gasteiger partial charge in [-0.2, -0.15) is 0 Å². The van der Waals surface area contributed by atoms with E-state index in [-0.39, 0.29) is 10.6 Å². The molecule has 0 unspecified atom stereocenters. The highest BCUT2D eigenvalue weighted by molar-refractivity contribution is 9.10. The number of hydrogen-bond donors (Lipinski definition) is 0. The molecule has 0 N–H and O–H groups in total. The van der Waals surface area contributed by atoms with Gasteiger partial charge in [-0.1, -0.05) is 34.1 Å². The molecule has 0 radical (unpaired) electrons. The molecular weight excluding hydrogens is 404 g/mol. The summed E-state index contributed by atoms with van der Waals surface area (Å²) in [6.45, 7) is 0. The second kappa shape index (κ2) is 6.61. The summed E-state index contributed by atoms with van der Waals surface area (Å²) in [7, 11) is 0. The van der Waals surface area contributed by atoms with E-state index in [1.807, 2.05) is 34.9 Å². The van der Waals surface area contributed by atoms with Crippen LogP contribution in [0.5, 0.6) is 0 Å². The van der Waals surface area contributed by atoms with Gasteiger partial charge in [0.05, 0.1) is 9.82 Å². The lowest BCUT2D eigenvalue weighted by Crippen LogP contribution is -2.01. The third kappa shape index (κ3) is 3.32. The first-order valence-electron chi connectivity index (χ1n) is 7.76. The van der Waals surface area contributed by atoms with Gasteiger partial charge < -0.3 is 0 Å². The van der Waals surface area contributed by atoms with Crippen LogP contribution in [-0.4, -0.2) is 19.7 Å². The molecule has 1 aliphatic carbocycles. The fourth-order valence-corrected chi connectivity index (χ4v) is 3.88. The summed E-state index contributed by atoms with van der Waals surface area (Å²) < 4.78 is 2.68. The Hall–Kier alpha value is -2.19. The average Bonchev–Trinajstić information content (AvgIpc) is 3.38. The van der Waals surface area contributed by atoms with E-state index in [0.29, 0.717) is 20.4 Å². The molecule has 0 amide bonds. The number of nitrogens with zero attached hydrogens (tertiary/aromatic N) is 4.